The number of fused-ring (bicyclic) bond motifs is 1. The second kappa shape index (κ2) is 11.0. The predicted molar refractivity (Wildman–Crippen MR) is 126 cm³/mol. The summed E-state index contributed by atoms with van der Waals surface area (Å²) < 4.78 is 46.8. The van der Waals surface area contributed by atoms with Crippen LogP contribution in [-0.2, 0) is 24.0 Å². The van der Waals surface area contributed by atoms with E-state index in [4.69, 9.17) is 4.74 Å². The van der Waals surface area contributed by atoms with Gasteiger partial charge in [-0.3, -0.25) is 0 Å². The number of hydrogen-bond acceptors (Lipinski definition) is 3. The largest absolute Gasteiger partial charge is 0.385 e. The fourth-order valence-electron chi connectivity index (χ4n) is 3.61. The SMILES string of the molecule is COCCCc1cnc(CCc2ccc(C#Cc3ccc4c(F)c(F)ccc4c3)c(F)c2)nc1. The Morgan fingerprint density at radius 3 is 2.38 bits per heavy atom. The number of aryl methyl sites for hydroxylation is 3. The molecule has 0 atom stereocenters. The van der Waals surface area contributed by atoms with Crippen molar-refractivity contribution in [2.45, 2.75) is 25.7 Å². The van der Waals surface area contributed by atoms with Gasteiger partial charge in [-0.1, -0.05) is 30.0 Å². The highest BCUT2D eigenvalue weighted by Crippen LogP contribution is 2.21. The Morgan fingerprint density at radius 1 is 0.794 bits per heavy atom. The summed E-state index contributed by atoms with van der Waals surface area (Å²) >= 11 is 0. The van der Waals surface area contributed by atoms with E-state index in [1.165, 1.54) is 18.2 Å². The van der Waals surface area contributed by atoms with Crippen molar-refractivity contribution in [3.05, 3.63) is 106 Å². The van der Waals surface area contributed by atoms with Crippen LogP contribution in [-0.4, -0.2) is 23.7 Å². The van der Waals surface area contributed by atoms with E-state index in [0.29, 0.717) is 36.2 Å². The third kappa shape index (κ3) is 5.81. The second-order valence-electron chi connectivity index (χ2n) is 7.97. The molecule has 34 heavy (non-hydrogen) atoms. The van der Waals surface area contributed by atoms with Crippen LogP contribution in [0, 0.1) is 29.3 Å². The molecule has 0 radical (unpaired) electrons. The quantitative estimate of drug-likeness (QED) is 0.258. The second-order valence-corrected chi connectivity index (χ2v) is 7.97. The highest BCUT2D eigenvalue weighted by Gasteiger charge is 2.07. The Labute approximate surface area is 196 Å². The first-order chi connectivity index (χ1) is 16.5. The molecule has 0 fully saturated rings. The molecule has 0 spiro atoms. The van der Waals surface area contributed by atoms with Crippen molar-refractivity contribution in [2.75, 3.05) is 13.7 Å². The van der Waals surface area contributed by atoms with Gasteiger partial charge in [0.2, 0.25) is 0 Å². The number of aromatic nitrogens is 2. The van der Waals surface area contributed by atoms with E-state index in [-0.39, 0.29) is 10.9 Å². The fourth-order valence-corrected chi connectivity index (χ4v) is 3.61. The fraction of sp³-hybridized carbons (Fsp3) is 0.214. The lowest BCUT2D eigenvalue weighted by Crippen LogP contribution is -2.01. The molecule has 0 aliphatic carbocycles. The smallest absolute Gasteiger partial charge is 0.166 e. The lowest BCUT2D eigenvalue weighted by atomic mass is 10.0. The first-order valence-corrected chi connectivity index (χ1v) is 11.0. The molecule has 3 aromatic carbocycles. The highest BCUT2D eigenvalue weighted by molar-refractivity contribution is 5.84. The molecule has 3 nitrogen and oxygen atoms in total. The molecule has 0 saturated carbocycles. The molecule has 1 aromatic heterocycles. The molecular formula is C28H23F3N2O. The number of rotatable bonds is 7. The normalized spacial score (nSPS) is 10.8. The molecule has 172 valence electrons. The van der Waals surface area contributed by atoms with Gasteiger partial charge in [0.25, 0.3) is 0 Å². The predicted octanol–water partition coefficient (Wildman–Crippen LogP) is 5.81. The zero-order valence-electron chi connectivity index (χ0n) is 18.7. The van der Waals surface area contributed by atoms with Gasteiger partial charge < -0.3 is 4.74 Å². The zero-order valence-corrected chi connectivity index (χ0v) is 18.7. The number of benzene rings is 3. The minimum atomic E-state index is -0.894. The van der Waals surface area contributed by atoms with E-state index in [1.54, 1.807) is 25.3 Å². The van der Waals surface area contributed by atoms with Gasteiger partial charge in [0.05, 0.1) is 5.56 Å². The monoisotopic (exact) mass is 460 g/mol. The molecule has 0 saturated heterocycles. The Kier molecular flexibility index (Phi) is 7.56. The van der Waals surface area contributed by atoms with Gasteiger partial charge in [0.15, 0.2) is 11.6 Å². The third-order valence-electron chi connectivity index (χ3n) is 5.49. The maximum Gasteiger partial charge on any atom is 0.166 e. The van der Waals surface area contributed by atoms with Crippen LogP contribution < -0.4 is 0 Å². The van der Waals surface area contributed by atoms with Gasteiger partial charge in [-0.05, 0) is 66.1 Å². The standard InChI is InChI=1S/C28H23F3N2O/c1-34-14-2-3-21-17-32-27(33-18-21)13-7-20-5-9-22(26(30)16-20)8-4-19-6-11-24-23(15-19)10-12-25(29)28(24)31/h5-6,9-12,15-18H,2-3,7,13-14H2,1H3. The van der Waals surface area contributed by atoms with Crippen LogP contribution in [0.25, 0.3) is 10.8 Å². The molecule has 0 unspecified atom stereocenters. The molecule has 0 amide bonds. The van der Waals surface area contributed by atoms with Gasteiger partial charge in [0, 0.05) is 43.5 Å². The summed E-state index contributed by atoms with van der Waals surface area (Å²) in [7, 11) is 1.68. The van der Waals surface area contributed by atoms with Crippen molar-refractivity contribution in [1.29, 1.82) is 0 Å². The maximum atomic E-state index is 14.6. The first-order valence-electron chi connectivity index (χ1n) is 11.0. The Hall–Kier alpha value is -3.69. The molecule has 4 aromatic rings. The number of nitrogens with zero attached hydrogens (tertiary/aromatic N) is 2. The van der Waals surface area contributed by atoms with E-state index in [2.05, 4.69) is 21.8 Å². The van der Waals surface area contributed by atoms with Crippen LogP contribution in [0.4, 0.5) is 13.2 Å². The van der Waals surface area contributed by atoms with Gasteiger partial charge in [-0.2, -0.15) is 0 Å². The van der Waals surface area contributed by atoms with Crippen LogP contribution in [0.1, 0.15) is 34.5 Å². The molecule has 0 bridgehead atoms. The summed E-state index contributed by atoms with van der Waals surface area (Å²) in [5.41, 5.74) is 2.76. The third-order valence-corrected chi connectivity index (χ3v) is 5.49. The Balaban J connectivity index is 1.40. The minimum absolute atomic E-state index is 0.186. The van der Waals surface area contributed by atoms with E-state index in [9.17, 15) is 13.2 Å². The topological polar surface area (TPSA) is 35.0 Å². The first kappa shape index (κ1) is 23.5. The van der Waals surface area contributed by atoms with Crippen LogP contribution in [0.5, 0.6) is 0 Å². The van der Waals surface area contributed by atoms with Crippen LogP contribution in [0.2, 0.25) is 0 Å². The van der Waals surface area contributed by atoms with Crippen molar-refractivity contribution in [3.63, 3.8) is 0 Å². The van der Waals surface area contributed by atoms with Crippen LogP contribution in [0.3, 0.4) is 0 Å². The van der Waals surface area contributed by atoms with Crippen LogP contribution in [0.15, 0.2) is 60.9 Å². The average Bonchev–Trinajstić information content (AvgIpc) is 2.85. The minimum Gasteiger partial charge on any atom is -0.385 e. The molecule has 1 heterocycles. The summed E-state index contributed by atoms with van der Waals surface area (Å²) in [6.07, 6.45) is 6.67. The molecular weight excluding hydrogens is 437 g/mol. The van der Waals surface area contributed by atoms with E-state index < -0.39 is 17.5 Å². The van der Waals surface area contributed by atoms with Crippen molar-refractivity contribution >= 4 is 10.8 Å². The Bertz CT molecular complexity index is 1360. The van der Waals surface area contributed by atoms with Gasteiger partial charge >= 0.3 is 0 Å². The lowest BCUT2D eigenvalue weighted by molar-refractivity contribution is 0.195. The molecule has 4 rings (SSSR count). The van der Waals surface area contributed by atoms with Gasteiger partial charge in [-0.15, -0.1) is 0 Å². The number of methoxy groups -OCH3 is 1. The Morgan fingerprint density at radius 2 is 1.62 bits per heavy atom. The number of halogens is 3. The van der Waals surface area contributed by atoms with Crippen molar-refractivity contribution in [1.82, 2.24) is 9.97 Å². The number of ether oxygens (including phenoxy) is 1. The van der Waals surface area contributed by atoms with Crippen molar-refractivity contribution in [2.24, 2.45) is 0 Å². The summed E-state index contributed by atoms with van der Waals surface area (Å²) in [4.78, 5) is 8.79. The average molecular weight is 460 g/mol. The summed E-state index contributed by atoms with van der Waals surface area (Å²) in [6, 6.07) is 12.3. The lowest BCUT2D eigenvalue weighted by Gasteiger charge is -2.04. The van der Waals surface area contributed by atoms with E-state index in [0.717, 1.165) is 30.0 Å². The highest BCUT2D eigenvalue weighted by atomic mass is 19.2. The van der Waals surface area contributed by atoms with Gasteiger partial charge in [-0.25, -0.2) is 23.1 Å². The maximum absolute atomic E-state index is 14.6. The van der Waals surface area contributed by atoms with Gasteiger partial charge in [0.1, 0.15) is 11.6 Å². The van der Waals surface area contributed by atoms with E-state index >= 15 is 0 Å². The summed E-state index contributed by atoms with van der Waals surface area (Å²) in [6.45, 7) is 0.706. The molecule has 6 heteroatoms. The summed E-state index contributed by atoms with van der Waals surface area (Å²) in [5.74, 6) is 4.24. The molecule has 0 aliphatic heterocycles. The number of hydrogen-bond donors (Lipinski definition) is 0. The zero-order chi connectivity index (χ0) is 23.9. The van der Waals surface area contributed by atoms with Crippen molar-refractivity contribution < 1.29 is 17.9 Å². The van der Waals surface area contributed by atoms with E-state index in [1.807, 2.05) is 18.5 Å². The van der Waals surface area contributed by atoms with Crippen molar-refractivity contribution in [3.8, 4) is 11.8 Å². The molecule has 0 aliphatic rings. The summed E-state index contributed by atoms with van der Waals surface area (Å²) in [5, 5.41) is 0.720. The molecule has 0 N–H and O–H groups in total. The van der Waals surface area contributed by atoms with Crippen LogP contribution >= 0.6 is 0 Å².